The van der Waals surface area contributed by atoms with Crippen molar-refractivity contribution in [3.05, 3.63) is 46.9 Å². The molecule has 5 heteroatoms. The molecule has 1 aliphatic carbocycles. The summed E-state index contributed by atoms with van der Waals surface area (Å²) in [5, 5.41) is 21.6. The molecule has 2 aromatic heterocycles. The molecule has 0 unspecified atom stereocenters. The minimum absolute atomic E-state index is 0.350. The molecule has 2 aromatic rings. The normalized spacial score (nSPS) is 13.3. The van der Waals surface area contributed by atoms with E-state index in [0.29, 0.717) is 22.9 Å². The Labute approximate surface area is 122 Å². The van der Waals surface area contributed by atoms with E-state index >= 15 is 0 Å². The van der Waals surface area contributed by atoms with Crippen molar-refractivity contribution in [3.8, 4) is 12.1 Å². The van der Waals surface area contributed by atoms with Crippen molar-refractivity contribution in [1.29, 1.82) is 10.5 Å². The van der Waals surface area contributed by atoms with Crippen LogP contribution in [0.15, 0.2) is 24.4 Å². The number of aryl methyl sites for hydroxylation is 1. The van der Waals surface area contributed by atoms with E-state index in [1.165, 1.54) is 0 Å². The molecule has 21 heavy (non-hydrogen) atoms. The molecule has 1 saturated carbocycles. The molecule has 0 spiro atoms. The summed E-state index contributed by atoms with van der Waals surface area (Å²) in [6.07, 6.45) is 3.82. The first kappa shape index (κ1) is 13.1. The molecule has 0 atom stereocenters. The molecule has 0 radical (unpaired) electrons. The summed E-state index contributed by atoms with van der Waals surface area (Å²) in [5.74, 6) is 0.845. The lowest BCUT2D eigenvalue weighted by Crippen LogP contribution is -2.04. The molecular weight excluding hydrogens is 262 g/mol. The van der Waals surface area contributed by atoms with Crippen molar-refractivity contribution in [2.75, 3.05) is 5.32 Å². The fourth-order valence-electron chi connectivity index (χ4n) is 2.21. The molecule has 0 aliphatic heterocycles. The van der Waals surface area contributed by atoms with Crippen LogP contribution in [0.4, 0.5) is 11.5 Å². The largest absolute Gasteiger partial charge is 0.338 e. The van der Waals surface area contributed by atoms with E-state index in [1.54, 1.807) is 12.3 Å². The van der Waals surface area contributed by atoms with E-state index in [2.05, 4.69) is 27.4 Å². The Morgan fingerprint density at radius 3 is 2.62 bits per heavy atom. The first-order valence-corrected chi connectivity index (χ1v) is 6.76. The van der Waals surface area contributed by atoms with Gasteiger partial charge >= 0.3 is 0 Å². The van der Waals surface area contributed by atoms with E-state index in [0.717, 1.165) is 29.9 Å². The number of rotatable bonds is 3. The van der Waals surface area contributed by atoms with Crippen LogP contribution >= 0.6 is 0 Å². The summed E-state index contributed by atoms with van der Waals surface area (Å²) in [6, 6.07) is 9.58. The van der Waals surface area contributed by atoms with Crippen LogP contribution < -0.4 is 5.32 Å². The smallest absolute Gasteiger partial charge is 0.148 e. The predicted octanol–water partition coefficient (Wildman–Crippen LogP) is 3.15. The van der Waals surface area contributed by atoms with E-state index < -0.39 is 0 Å². The number of nitrogens with zero attached hydrogens (tertiary/aromatic N) is 4. The topological polar surface area (TPSA) is 85.4 Å². The SMILES string of the molecule is Cc1ncccc1Nc1nc(C2CC2)c(C#N)cc1C#N. The van der Waals surface area contributed by atoms with Crippen molar-refractivity contribution in [1.82, 2.24) is 9.97 Å². The Morgan fingerprint density at radius 1 is 1.24 bits per heavy atom. The maximum Gasteiger partial charge on any atom is 0.148 e. The molecule has 1 fully saturated rings. The molecule has 0 saturated heterocycles. The van der Waals surface area contributed by atoms with Crippen molar-refractivity contribution < 1.29 is 0 Å². The second-order valence-electron chi connectivity index (χ2n) is 5.08. The van der Waals surface area contributed by atoms with E-state index in [4.69, 9.17) is 0 Å². The minimum atomic E-state index is 0.350. The number of hydrogen-bond donors (Lipinski definition) is 1. The monoisotopic (exact) mass is 275 g/mol. The van der Waals surface area contributed by atoms with Gasteiger partial charge in [0.25, 0.3) is 0 Å². The first-order valence-electron chi connectivity index (χ1n) is 6.76. The maximum atomic E-state index is 9.28. The summed E-state index contributed by atoms with van der Waals surface area (Å²) in [5.41, 5.74) is 3.32. The van der Waals surface area contributed by atoms with Crippen molar-refractivity contribution in [2.24, 2.45) is 0 Å². The van der Waals surface area contributed by atoms with Gasteiger partial charge in [-0.3, -0.25) is 4.98 Å². The fraction of sp³-hybridized carbons (Fsp3) is 0.250. The van der Waals surface area contributed by atoms with Crippen molar-refractivity contribution in [2.45, 2.75) is 25.7 Å². The summed E-state index contributed by atoms with van der Waals surface area (Å²) in [7, 11) is 0. The fourth-order valence-corrected chi connectivity index (χ4v) is 2.21. The van der Waals surface area contributed by atoms with Crippen LogP contribution in [0.3, 0.4) is 0 Å². The van der Waals surface area contributed by atoms with Crippen molar-refractivity contribution in [3.63, 3.8) is 0 Å². The van der Waals surface area contributed by atoms with Gasteiger partial charge in [0.05, 0.1) is 28.2 Å². The predicted molar refractivity (Wildman–Crippen MR) is 77.9 cm³/mol. The van der Waals surface area contributed by atoms with Crippen LogP contribution in [-0.2, 0) is 0 Å². The molecule has 0 amide bonds. The first-order chi connectivity index (χ1) is 10.2. The third kappa shape index (κ3) is 2.54. The lowest BCUT2D eigenvalue weighted by Gasteiger charge is -2.11. The molecule has 5 nitrogen and oxygen atoms in total. The number of aromatic nitrogens is 2. The lowest BCUT2D eigenvalue weighted by atomic mass is 10.1. The van der Waals surface area contributed by atoms with Gasteiger partial charge < -0.3 is 5.32 Å². The number of anilines is 2. The van der Waals surface area contributed by atoms with Gasteiger partial charge in [-0.05, 0) is 38.0 Å². The zero-order valence-electron chi connectivity index (χ0n) is 11.6. The van der Waals surface area contributed by atoms with Crippen molar-refractivity contribution >= 4 is 11.5 Å². The maximum absolute atomic E-state index is 9.28. The van der Waals surface area contributed by atoms with Gasteiger partial charge in [0.15, 0.2) is 0 Å². The van der Waals surface area contributed by atoms with Gasteiger partial charge in [-0.15, -0.1) is 0 Å². The van der Waals surface area contributed by atoms with Crippen LogP contribution in [0.1, 0.15) is 41.3 Å². The van der Waals surface area contributed by atoms with Gasteiger partial charge in [-0.1, -0.05) is 0 Å². The third-order valence-electron chi connectivity index (χ3n) is 3.52. The summed E-state index contributed by atoms with van der Waals surface area (Å²) < 4.78 is 0. The number of hydrogen-bond acceptors (Lipinski definition) is 5. The van der Waals surface area contributed by atoms with Crippen LogP contribution in [-0.4, -0.2) is 9.97 Å². The quantitative estimate of drug-likeness (QED) is 0.929. The van der Waals surface area contributed by atoms with Crippen LogP contribution in [0.25, 0.3) is 0 Å². The summed E-state index contributed by atoms with van der Waals surface area (Å²) in [4.78, 5) is 8.74. The lowest BCUT2D eigenvalue weighted by molar-refractivity contribution is 1.01. The van der Waals surface area contributed by atoms with E-state index in [-0.39, 0.29) is 0 Å². The van der Waals surface area contributed by atoms with Gasteiger partial charge in [-0.2, -0.15) is 10.5 Å². The highest BCUT2D eigenvalue weighted by atomic mass is 15.0. The molecule has 2 heterocycles. The Morgan fingerprint density at radius 2 is 2.00 bits per heavy atom. The minimum Gasteiger partial charge on any atom is -0.338 e. The standard InChI is InChI=1S/C16H13N5/c1-10-14(3-2-6-19-10)20-16-13(9-18)7-12(8-17)15(21-16)11-4-5-11/h2-3,6-7,11H,4-5H2,1H3,(H,20,21). The third-order valence-corrected chi connectivity index (χ3v) is 3.52. The zero-order chi connectivity index (χ0) is 14.8. The molecule has 0 bridgehead atoms. The number of pyridine rings is 2. The van der Waals surface area contributed by atoms with Gasteiger partial charge in [0, 0.05) is 12.1 Å². The van der Waals surface area contributed by atoms with Gasteiger partial charge in [-0.25, -0.2) is 4.98 Å². The van der Waals surface area contributed by atoms with Crippen LogP contribution in [0.2, 0.25) is 0 Å². The molecule has 0 aromatic carbocycles. The second-order valence-corrected chi connectivity index (χ2v) is 5.08. The average Bonchev–Trinajstić information content (AvgIpc) is 3.34. The Kier molecular flexibility index (Phi) is 3.25. The molecule has 1 aliphatic rings. The second kappa shape index (κ2) is 5.22. The van der Waals surface area contributed by atoms with Gasteiger partial charge in [0.1, 0.15) is 18.0 Å². The highest BCUT2D eigenvalue weighted by Crippen LogP contribution is 2.41. The number of nitriles is 2. The molecular formula is C16H13N5. The Balaban J connectivity index is 2.05. The summed E-state index contributed by atoms with van der Waals surface area (Å²) in [6.45, 7) is 1.89. The van der Waals surface area contributed by atoms with E-state index in [1.807, 2.05) is 19.1 Å². The zero-order valence-corrected chi connectivity index (χ0v) is 11.6. The Hall–Kier alpha value is -2.92. The van der Waals surface area contributed by atoms with Gasteiger partial charge in [0.2, 0.25) is 0 Å². The highest BCUT2D eigenvalue weighted by Gasteiger charge is 2.29. The van der Waals surface area contributed by atoms with Crippen LogP contribution in [0.5, 0.6) is 0 Å². The number of nitrogens with one attached hydrogen (secondary N) is 1. The molecule has 3 rings (SSSR count). The average molecular weight is 275 g/mol. The molecule has 102 valence electrons. The Bertz CT molecular complexity index is 778. The molecule has 1 N–H and O–H groups in total. The van der Waals surface area contributed by atoms with Crippen LogP contribution in [0, 0.1) is 29.6 Å². The summed E-state index contributed by atoms with van der Waals surface area (Å²) >= 11 is 0. The highest BCUT2D eigenvalue weighted by molar-refractivity contribution is 5.66. The van der Waals surface area contributed by atoms with E-state index in [9.17, 15) is 10.5 Å².